The van der Waals surface area contributed by atoms with Gasteiger partial charge >= 0.3 is 0 Å². The second kappa shape index (κ2) is 6.83. The molecule has 2 heterocycles. The van der Waals surface area contributed by atoms with Gasteiger partial charge in [-0.25, -0.2) is 4.39 Å². The summed E-state index contributed by atoms with van der Waals surface area (Å²) in [4.78, 5) is 42.1. The zero-order valence-electron chi connectivity index (χ0n) is 14.6. The average Bonchev–Trinajstić information content (AvgIpc) is 2.94. The molecule has 0 aliphatic carbocycles. The third kappa shape index (κ3) is 3.16. The second-order valence-electron chi connectivity index (χ2n) is 6.59. The summed E-state index contributed by atoms with van der Waals surface area (Å²) in [5, 5.41) is 0. The second-order valence-corrected chi connectivity index (χ2v) is 6.59. The fourth-order valence-electron chi connectivity index (χ4n) is 3.48. The molecule has 0 saturated carbocycles. The van der Waals surface area contributed by atoms with Gasteiger partial charge in [0, 0.05) is 31.9 Å². The predicted molar refractivity (Wildman–Crippen MR) is 97.0 cm³/mol. The van der Waals surface area contributed by atoms with Crippen LogP contribution in [0.1, 0.15) is 20.7 Å². The number of rotatable bonds is 3. The van der Waals surface area contributed by atoms with Gasteiger partial charge in [0.05, 0.1) is 11.1 Å². The molecule has 0 bridgehead atoms. The van der Waals surface area contributed by atoms with Crippen LogP contribution >= 0.6 is 0 Å². The van der Waals surface area contributed by atoms with Crippen LogP contribution in [0.2, 0.25) is 0 Å². The predicted octanol–water partition coefficient (Wildman–Crippen LogP) is 1.77. The minimum absolute atomic E-state index is 0.247. The van der Waals surface area contributed by atoms with Gasteiger partial charge in [0.25, 0.3) is 11.8 Å². The lowest BCUT2D eigenvalue weighted by molar-refractivity contribution is -0.131. The van der Waals surface area contributed by atoms with Crippen molar-refractivity contribution in [1.82, 2.24) is 9.80 Å². The number of imide groups is 1. The number of carbonyl (C=O) groups is 3. The molecule has 7 heteroatoms. The van der Waals surface area contributed by atoms with Crippen molar-refractivity contribution < 1.29 is 18.8 Å². The highest BCUT2D eigenvalue weighted by Crippen LogP contribution is 2.23. The zero-order chi connectivity index (χ0) is 19.0. The van der Waals surface area contributed by atoms with Gasteiger partial charge in [-0.05, 0) is 36.4 Å². The Morgan fingerprint density at radius 1 is 0.852 bits per heavy atom. The van der Waals surface area contributed by atoms with Crippen LogP contribution in [-0.2, 0) is 4.79 Å². The van der Waals surface area contributed by atoms with Crippen molar-refractivity contribution in [2.45, 2.75) is 0 Å². The molecule has 138 valence electrons. The van der Waals surface area contributed by atoms with Crippen LogP contribution < -0.4 is 4.90 Å². The molecule has 4 rings (SSSR count). The first-order valence-corrected chi connectivity index (χ1v) is 8.78. The maximum Gasteiger partial charge on any atom is 0.262 e. The third-order valence-corrected chi connectivity index (χ3v) is 5.00. The fraction of sp³-hybridized carbons (Fsp3) is 0.250. The Morgan fingerprint density at radius 3 is 1.96 bits per heavy atom. The van der Waals surface area contributed by atoms with Crippen molar-refractivity contribution in [1.29, 1.82) is 0 Å². The van der Waals surface area contributed by atoms with E-state index >= 15 is 0 Å². The Morgan fingerprint density at radius 2 is 1.41 bits per heavy atom. The smallest absolute Gasteiger partial charge is 0.262 e. The molecule has 0 spiro atoms. The number of hydrogen-bond acceptors (Lipinski definition) is 4. The SMILES string of the molecule is O=C(CN1C(=O)c2ccccc2C1=O)N1CCN(c2ccc(F)cc2)CC1. The van der Waals surface area contributed by atoms with Gasteiger partial charge < -0.3 is 9.80 Å². The summed E-state index contributed by atoms with van der Waals surface area (Å²) in [6.07, 6.45) is 0. The molecule has 6 nitrogen and oxygen atoms in total. The van der Waals surface area contributed by atoms with Crippen LogP contribution in [0.25, 0.3) is 0 Å². The van der Waals surface area contributed by atoms with Gasteiger partial charge in [0.15, 0.2) is 0 Å². The van der Waals surface area contributed by atoms with Gasteiger partial charge in [-0.15, -0.1) is 0 Å². The monoisotopic (exact) mass is 367 g/mol. The van der Waals surface area contributed by atoms with E-state index in [1.54, 1.807) is 41.3 Å². The first kappa shape index (κ1) is 17.2. The molecule has 27 heavy (non-hydrogen) atoms. The van der Waals surface area contributed by atoms with Gasteiger partial charge in [0.2, 0.25) is 5.91 Å². The van der Waals surface area contributed by atoms with Crippen molar-refractivity contribution >= 4 is 23.4 Å². The average molecular weight is 367 g/mol. The Balaban J connectivity index is 1.37. The van der Waals surface area contributed by atoms with E-state index in [1.807, 2.05) is 0 Å². The van der Waals surface area contributed by atoms with Gasteiger partial charge in [-0.1, -0.05) is 12.1 Å². The zero-order valence-corrected chi connectivity index (χ0v) is 14.6. The standard InChI is InChI=1S/C20H18FN3O3/c21-14-5-7-15(8-6-14)22-9-11-23(12-10-22)18(25)13-24-19(26)16-3-1-2-4-17(16)20(24)27/h1-8H,9-13H2. The maximum atomic E-state index is 13.0. The van der Waals surface area contributed by atoms with E-state index in [4.69, 9.17) is 0 Å². The Bertz CT molecular complexity index is 870. The van der Waals surface area contributed by atoms with Crippen molar-refractivity contribution in [3.63, 3.8) is 0 Å². The van der Waals surface area contributed by atoms with Crippen LogP contribution in [0.4, 0.5) is 10.1 Å². The summed E-state index contributed by atoms with van der Waals surface area (Å²) in [5.74, 6) is -1.38. The summed E-state index contributed by atoms with van der Waals surface area (Å²) in [6.45, 7) is 1.95. The number of anilines is 1. The molecule has 2 aromatic rings. The number of halogens is 1. The summed E-state index contributed by atoms with van der Waals surface area (Å²) < 4.78 is 13.0. The number of nitrogens with zero attached hydrogens (tertiary/aromatic N) is 3. The fourth-order valence-corrected chi connectivity index (χ4v) is 3.48. The molecule has 0 radical (unpaired) electrons. The van der Waals surface area contributed by atoms with Gasteiger partial charge in [-0.2, -0.15) is 0 Å². The van der Waals surface area contributed by atoms with Gasteiger partial charge in [0.1, 0.15) is 12.4 Å². The number of hydrogen-bond donors (Lipinski definition) is 0. The Kier molecular flexibility index (Phi) is 4.35. The van der Waals surface area contributed by atoms with Crippen LogP contribution in [0.5, 0.6) is 0 Å². The van der Waals surface area contributed by atoms with Crippen LogP contribution in [-0.4, -0.2) is 60.2 Å². The molecule has 1 saturated heterocycles. The molecule has 2 aromatic carbocycles. The quantitative estimate of drug-likeness (QED) is 0.776. The highest BCUT2D eigenvalue weighted by Gasteiger charge is 2.37. The normalized spacial score (nSPS) is 16.7. The van der Waals surface area contributed by atoms with Gasteiger partial charge in [-0.3, -0.25) is 19.3 Å². The number of carbonyl (C=O) groups excluding carboxylic acids is 3. The van der Waals surface area contributed by atoms with Crippen molar-refractivity contribution in [2.75, 3.05) is 37.6 Å². The molecule has 2 aliphatic heterocycles. The van der Waals surface area contributed by atoms with Crippen molar-refractivity contribution in [3.8, 4) is 0 Å². The molecule has 2 aliphatic rings. The molecule has 1 fully saturated rings. The molecular formula is C20H18FN3O3. The minimum atomic E-state index is -0.422. The van der Waals surface area contributed by atoms with Crippen LogP contribution in [0.15, 0.2) is 48.5 Å². The minimum Gasteiger partial charge on any atom is -0.368 e. The van der Waals surface area contributed by atoms with Crippen molar-refractivity contribution in [3.05, 3.63) is 65.5 Å². The Hall–Kier alpha value is -3.22. The van der Waals surface area contributed by atoms with Crippen LogP contribution in [0, 0.1) is 5.82 Å². The number of amides is 3. The van der Waals surface area contributed by atoms with Crippen LogP contribution in [0.3, 0.4) is 0 Å². The molecule has 3 amide bonds. The number of fused-ring (bicyclic) bond motifs is 1. The summed E-state index contributed by atoms with van der Waals surface area (Å²) in [7, 11) is 0. The molecular weight excluding hydrogens is 349 g/mol. The van der Waals surface area contributed by atoms with Crippen molar-refractivity contribution in [2.24, 2.45) is 0 Å². The highest BCUT2D eigenvalue weighted by molar-refractivity contribution is 6.22. The number of piperazine rings is 1. The van der Waals surface area contributed by atoms with E-state index in [2.05, 4.69) is 4.90 Å². The van der Waals surface area contributed by atoms with E-state index in [0.717, 1.165) is 10.6 Å². The first-order chi connectivity index (χ1) is 13.0. The van der Waals surface area contributed by atoms with E-state index in [0.29, 0.717) is 37.3 Å². The molecule has 0 aromatic heterocycles. The lowest BCUT2D eigenvalue weighted by Gasteiger charge is -2.36. The summed E-state index contributed by atoms with van der Waals surface area (Å²) >= 11 is 0. The highest BCUT2D eigenvalue weighted by atomic mass is 19.1. The third-order valence-electron chi connectivity index (χ3n) is 5.00. The molecule has 0 N–H and O–H groups in total. The number of benzene rings is 2. The largest absolute Gasteiger partial charge is 0.368 e. The van der Waals surface area contributed by atoms with E-state index in [1.165, 1.54) is 12.1 Å². The summed E-state index contributed by atoms with van der Waals surface area (Å²) in [5.41, 5.74) is 1.59. The lowest BCUT2D eigenvalue weighted by Crippen LogP contribution is -2.51. The molecule has 0 atom stereocenters. The van der Waals surface area contributed by atoms with E-state index in [-0.39, 0.29) is 18.3 Å². The topological polar surface area (TPSA) is 60.9 Å². The first-order valence-electron chi connectivity index (χ1n) is 8.78. The lowest BCUT2D eigenvalue weighted by atomic mass is 10.1. The Labute approximate surface area is 155 Å². The molecule has 0 unspecified atom stereocenters. The van der Waals surface area contributed by atoms with E-state index < -0.39 is 11.8 Å². The van der Waals surface area contributed by atoms with E-state index in [9.17, 15) is 18.8 Å². The maximum absolute atomic E-state index is 13.0. The summed E-state index contributed by atoms with van der Waals surface area (Å²) in [6, 6.07) is 12.8.